The molecule has 2 N–H and O–H groups in total. The van der Waals surface area contributed by atoms with Crippen LogP contribution in [-0.4, -0.2) is 26.1 Å². The highest BCUT2D eigenvalue weighted by atomic mass is 16.3. The molecule has 21 heavy (non-hydrogen) atoms. The first-order chi connectivity index (χ1) is 10.2. The van der Waals surface area contributed by atoms with Crippen LogP contribution < -0.4 is 5.56 Å². The summed E-state index contributed by atoms with van der Waals surface area (Å²) in [6.07, 6.45) is 2.59. The van der Waals surface area contributed by atoms with E-state index in [1.165, 1.54) is 18.6 Å². The van der Waals surface area contributed by atoms with Gasteiger partial charge < -0.3 is 10.2 Å². The highest BCUT2D eigenvalue weighted by Crippen LogP contribution is 2.26. The SMILES string of the molecule is O=c1c2ccccc2ncn1/N=C/c1cccc(O)c1O. The van der Waals surface area contributed by atoms with Crippen molar-refractivity contribution in [2.45, 2.75) is 0 Å². The molecule has 0 aliphatic heterocycles. The van der Waals surface area contributed by atoms with Gasteiger partial charge in [-0.1, -0.05) is 18.2 Å². The third-order valence-electron chi connectivity index (χ3n) is 3.02. The van der Waals surface area contributed by atoms with Crippen molar-refractivity contribution >= 4 is 17.1 Å². The molecule has 0 saturated carbocycles. The van der Waals surface area contributed by atoms with Crippen LogP contribution in [0, 0.1) is 0 Å². The van der Waals surface area contributed by atoms with Gasteiger partial charge in [-0.05, 0) is 24.3 Å². The summed E-state index contributed by atoms with van der Waals surface area (Å²) in [5, 5.41) is 23.5. The van der Waals surface area contributed by atoms with Crippen molar-refractivity contribution in [3.8, 4) is 11.5 Å². The summed E-state index contributed by atoms with van der Waals surface area (Å²) < 4.78 is 1.08. The third kappa shape index (κ3) is 2.34. The maximum atomic E-state index is 12.2. The molecule has 1 aromatic heterocycles. The predicted octanol–water partition coefficient (Wildman–Crippen LogP) is 1.69. The van der Waals surface area contributed by atoms with E-state index in [-0.39, 0.29) is 17.1 Å². The number of phenols is 2. The molecule has 0 spiro atoms. The molecule has 0 fully saturated rings. The van der Waals surface area contributed by atoms with E-state index in [0.29, 0.717) is 16.5 Å². The van der Waals surface area contributed by atoms with Gasteiger partial charge in [0.15, 0.2) is 11.5 Å². The Morgan fingerprint density at radius 3 is 2.76 bits per heavy atom. The van der Waals surface area contributed by atoms with Crippen molar-refractivity contribution in [3.63, 3.8) is 0 Å². The monoisotopic (exact) mass is 281 g/mol. The molecule has 0 atom stereocenters. The maximum absolute atomic E-state index is 12.2. The Morgan fingerprint density at radius 1 is 1.10 bits per heavy atom. The fourth-order valence-corrected chi connectivity index (χ4v) is 1.92. The van der Waals surface area contributed by atoms with Crippen LogP contribution in [0.1, 0.15) is 5.56 Å². The second-order valence-corrected chi connectivity index (χ2v) is 4.37. The number of fused-ring (bicyclic) bond motifs is 1. The van der Waals surface area contributed by atoms with Crippen LogP contribution in [0.15, 0.2) is 58.7 Å². The van der Waals surface area contributed by atoms with Crippen molar-refractivity contribution in [2.24, 2.45) is 5.10 Å². The van der Waals surface area contributed by atoms with Gasteiger partial charge in [-0.3, -0.25) is 4.79 Å². The topological polar surface area (TPSA) is 87.7 Å². The molecule has 0 saturated heterocycles. The van der Waals surface area contributed by atoms with E-state index in [9.17, 15) is 15.0 Å². The quantitative estimate of drug-likeness (QED) is 0.552. The van der Waals surface area contributed by atoms with Gasteiger partial charge in [0.2, 0.25) is 0 Å². The second-order valence-electron chi connectivity index (χ2n) is 4.37. The molecule has 3 aromatic rings. The first kappa shape index (κ1) is 12.9. The molecule has 1 heterocycles. The Bertz CT molecular complexity index is 900. The molecule has 0 bridgehead atoms. The zero-order chi connectivity index (χ0) is 14.8. The number of benzene rings is 2. The van der Waals surface area contributed by atoms with Crippen LogP contribution in [0.4, 0.5) is 0 Å². The van der Waals surface area contributed by atoms with E-state index >= 15 is 0 Å². The van der Waals surface area contributed by atoms with E-state index in [1.54, 1.807) is 36.4 Å². The second kappa shape index (κ2) is 5.09. The number of para-hydroxylation sites is 2. The molecule has 3 rings (SSSR count). The summed E-state index contributed by atoms with van der Waals surface area (Å²) in [5.41, 5.74) is 0.584. The molecule has 0 aliphatic rings. The van der Waals surface area contributed by atoms with Crippen LogP contribution in [0.25, 0.3) is 10.9 Å². The fourth-order valence-electron chi connectivity index (χ4n) is 1.92. The van der Waals surface area contributed by atoms with E-state index in [0.717, 1.165) is 4.68 Å². The lowest BCUT2D eigenvalue weighted by Crippen LogP contribution is -2.16. The van der Waals surface area contributed by atoms with Crippen molar-refractivity contribution in [2.75, 3.05) is 0 Å². The summed E-state index contributed by atoms with van der Waals surface area (Å²) in [6, 6.07) is 11.5. The predicted molar refractivity (Wildman–Crippen MR) is 78.8 cm³/mol. The van der Waals surface area contributed by atoms with Gasteiger partial charge >= 0.3 is 0 Å². The van der Waals surface area contributed by atoms with Gasteiger partial charge in [-0.15, -0.1) is 0 Å². The third-order valence-corrected chi connectivity index (χ3v) is 3.02. The molecule has 6 nitrogen and oxygen atoms in total. The molecule has 0 radical (unpaired) electrons. The molecule has 2 aromatic carbocycles. The van der Waals surface area contributed by atoms with Gasteiger partial charge in [0.25, 0.3) is 5.56 Å². The molecule has 104 valence electrons. The van der Waals surface area contributed by atoms with Gasteiger partial charge in [-0.2, -0.15) is 9.78 Å². The zero-order valence-corrected chi connectivity index (χ0v) is 10.8. The largest absolute Gasteiger partial charge is 0.504 e. The van der Waals surface area contributed by atoms with E-state index in [4.69, 9.17) is 0 Å². The van der Waals surface area contributed by atoms with Gasteiger partial charge in [-0.25, -0.2) is 4.98 Å². The van der Waals surface area contributed by atoms with E-state index in [1.807, 2.05) is 0 Å². The number of hydrogen-bond donors (Lipinski definition) is 2. The minimum atomic E-state index is -0.309. The number of phenolic OH excluding ortho intramolecular Hbond substituents is 2. The van der Waals surface area contributed by atoms with E-state index < -0.39 is 0 Å². The number of hydrogen-bond acceptors (Lipinski definition) is 5. The highest BCUT2D eigenvalue weighted by Gasteiger charge is 2.04. The Morgan fingerprint density at radius 2 is 1.90 bits per heavy atom. The first-order valence-corrected chi connectivity index (χ1v) is 6.18. The standard InChI is InChI=1S/C15H11N3O3/c19-13-7-3-4-10(14(13)20)8-17-18-9-16-12-6-2-1-5-11(12)15(18)21/h1-9,19-20H/b17-8+. The van der Waals surface area contributed by atoms with Crippen LogP contribution in [-0.2, 0) is 0 Å². The molecule has 0 unspecified atom stereocenters. The summed E-state index contributed by atoms with van der Waals surface area (Å²) in [5.74, 6) is -0.536. The van der Waals surface area contributed by atoms with Crippen molar-refractivity contribution in [1.82, 2.24) is 9.66 Å². The average molecular weight is 281 g/mol. The summed E-state index contributed by atoms with van der Waals surface area (Å²) in [6.45, 7) is 0. The van der Waals surface area contributed by atoms with Crippen LogP contribution in [0.5, 0.6) is 11.5 Å². The number of aromatic hydroxyl groups is 2. The lowest BCUT2D eigenvalue weighted by Gasteiger charge is -2.02. The van der Waals surface area contributed by atoms with Gasteiger partial charge in [0.05, 0.1) is 17.1 Å². The van der Waals surface area contributed by atoms with Crippen molar-refractivity contribution < 1.29 is 10.2 Å². The smallest absolute Gasteiger partial charge is 0.281 e. The van der Waals surface area contributed by atoms with Crippen LogP contribution >= 0.6 is 0 Å². The summed E-state index contributed by atoms with van der Waals surface area (Å²) in [7, 11) is 0. The summed E-state index contributed by atoms with van der Waals surface area (Å²) in [4.78, 5) is 16.3. The Kier molecular flexibility index (Phi) is 3.12. The molecule has 0 amide bonds. The Balaban J connectivity index is 2.06. The Hall–Kier alpha value is -3.15. The molecule has 6 heteroatoms. The first-order valence-electron chi connectivity index (χ1n) is 6.18. The molecular weight excluding hydrogens is 270 g/mol. The minimum Gasteiger partial charge on any atom is -0.504 e. The van der Waals surface area contributed by atoms with Gasteiger partial charge in [0, 0.05) is 5.56 Å². The zero-order valence-electron chi connectivity index (χ0n) is 10.8. The maximum Gasteiger partial charge on any atom is 0.281 e. The number of aromatic nitrogens is 2. The lowest BCUT2D eigenvalue weighted by atomic mass is 10.2. The van der Waals surface area contributed by atoms with Crippen molar-refractivity contribution in [3.05, 3.63) is 64.7 Å². The number of nitrogens with zero attached hydrogens (tertiary/aromatic N) is 3. The Labute approximate surface area is 119 Å². The summed E-state index contributed by atoms with van der Waals surface area (Å²) >= 11 is 0. The van der Waals surface area contributed by atoms with E-state index in [2.05, 4.69) is 10.1 Å². The number of rotatable bonds is 2. The fraction of sp³-hybridized carbons (Fsp3) is 0. The van der Waals surface area contributed by atoms with Crippen molar-refractivity contribution in [1.29, 1.82) is 0 Å². The van der Waals surface area contributed by atoms with Crippen LogP contribution in [0.2, 0.25) is 0 Å². The van der Waals surface area contributed by atoms with Crippen LogP contribution in [0.3, 0.4) is 0 Å². The normalized spacial score (nSPS) is 11.2. The minimum absolute atomic E-state index is 0.247. The molecule has 0 aliphatic carbocycles. The average Bonchev–Trinajstić information content (AvgIpc) is 2.51. The highest BCUT2D eigenvalue weighted by molar-refractivity contribution is 5.84. The molecular formula is C15H11N3O3. The van der Waals surface area contributed by atoms with Gasteiger partial charge in [0.1, 0.15) is 6.33 Å². The lowest BCUT2D eigenvalue weighted by molar-refractivity contribution is 0.403.